The number of hydrogen-bond donors (Lipinski definition) is 1. The fourth-order valence-corrected chi connectivity index (χ4v) is 2.02. The van der Waals surface area contributed by atoms with Crippen LogP contribution in [-0.4, -0.2) is 14.7 Å². The molecule has 0 aliphatic rings. The van der Waals surface area contributed by atoms with Gasteiger partial charge in [0, 0.05) is 6.04 Å². The number of aliphatic hydroxyl groups excluding tert-OH is 1. The molecule has 1 N–H and O–H groups in total. The van der Waals surface area contributed by atoms with Crippen molar-refractivity contribution < 1.29 is 5.11 Å². The Morgan fingerprint density at radius 1 is 1.43 bits per heavy atom. The third-order valence-electron chi connectivity index (χ3n) is 3.08. The summed E-state index contributed by atoms with van der Waals surface area (Å²) < 4.78 is 2.08. The first-order valence-corrected chi connectivity index (χ1v) is 5.36. The Morgan fingerprint density at radius 3 is 2.57 bits per heavy atom. The van der Waals surface area contributed by atoms with E-state index in [-0.39, 0.29) is 6.61 Å². The van der Waals surface area contributed by atoms with E-state index in [1.165, 1.54) is 12.8 Å². The summed E-state index contributed by atoms with van der Waals surface area (Å²) in [6.45, 7) is 6.68. The average Bonchev–Trinajstić information content (AvgIpc) is 2.67. The maximum absolute atomic E-state index is 9.12. The Bertz CT molecular complexity index is 266. The van der Waals surface area contributed by atoms with Crippen LogP contribution in [0, 0.1) is 5.92 Å². The molecule has 1 aromatic rings. The van der Waals surface area contributed by atoms with E-state index in [0.29, 0.717) is 12.0 Å². The van der Waals surface area contributed by atoms with Gasteiger partial charge in [-0.1, -0.05) is 26.7 Å². The lowest BCUT2D eigenvalue weighted by Crippen LogP contribution is -2.16. The zero-order valence-corrected chi connectivity index (χ0v) is 9.27. The van der Waals surface area contributed by atoms with Crippen LogP contribution in [-0.2, 0) is 6.61 Å². The second-order valence-corrected chi connectivity index (χ2v) is 3.77. The van der Waals surface area contributed by atoms with Gasteiger partial charge in [-0.3, -0.25) is 0 Å². The predicted octanol–water partition coefficient (Wildman–Crippen LogP) is 2.37. The van der Waals surface area contributed by atoms with Gasteiger partial charge in [-0.15, -0.1) is 0 Å². The fourth-order valence-electron chi connectivity index (χ4n) is 2.02. The molecule has 0 fully saturated rings. The van der Waals surface area contributed by atoms with Crippen LogP contribution in [0.4, 0.5) is 0 Å². The molecule has 0 aromatic carbocycles. The zero-order valence-electron chi connectivity index (χ0n) is 9.27. The second kappa shape index (κ2) is 5.15. The molecule has 1 atom stereocenters. The molecule has 0 saturated heterocycles. The minimum atomic E-state index is 0.0739. The molecule has 1 aromatic heterocycles. The van der Waals surface area contributed by atoms with Crippen molar-refractivity contribution in [3.8, 4) is 0 Å². The highest BCUT2D eigenvalue weighted by Gasteiger charge is 2.16. The maximum Gasteiger partial charge on any atom is 0.0951 e. The van der Waals surface area contributed by atoms with Gasteiger partial charge in [0.2, 0.25) is 0 Å². The van der Waals surface area contributed by atoms with Gasteiger partial charge in [0.15, 0.2) is 0 Å². The number of imidazole rings is 1. The molecule has 0 aliphatic heterocycles. The van der Waals surface area contributed by atoms with E-state index >= 15 is 0 Å². The molecule has 0 spiro atoms. The van der Waals surface area contributed by atoms with Gasteiger partial charge in [-0.25, -0.2) is 4.98 Å². The Hall–Kier alpha value is -0.830. The first-order chi connectivity index (χ1) is 6.74. The van der Waals surface area contributed by atoms with Gasteiger partial charge in [-0.05, 0) is 12.8 Å². The third kappa shape index (κ3) is 2.15. The smallest absolute Gasteiger partial charge is 0.0951 e. The monoisotopic (exact) mass is 196 g/mol. The van der Waals surface area contributed by atoms with E-state index in [0.717, 1.165) is 5.69 Å². The van der Waals surface area contributed by atoms with E-state index in [2.05, 4.69) is 30.3 Å². The first-order valence-electron chi connectivity index (χ1n) is 5.36. The molecule has 1 heterocycles. The topological polar surface area (TPSA) is 38.0 Å². The van der Waals surface area contributed by atoms with Gasteiger partial charge in [0.1, 0.15) is 0 Å². The van der Waals surface area contributed by atoms with Crippen molar-refractivity contribution in [1.29, 1.82) is 0 Å². The normalized spacial score (nSPS) is 13.5. The van der Waals surface area contributed by atoms with Gasteiger partial charge >= 0.3 is 0 Å². The fraction of sp³-hybridized carbons (Fsp3) is 0.727. The minimum absolute atomic E-state index is 0.0739. The Labute approximate surface area is 85.8 Å². The van der Waals surface area contributed by atoms with Gasteiger partial charge < -0.3 is 9.67 Å². The van der Waals surface area contributed by atoms with Crippen LogP contribution in [0.2, 0.25) is 0 Å². The molecule has 1 rings (SSSR count). The molecule has 0 radical (unpaired) electrons. The lowest BCUT2D eigenvalue weighted by Gasteiger charge is -2.24. The van der Waals surface area contributed by atoms with Crippen molar-refractivity contribution in [2.45, 2.75) is 46.3 Å². The van der Waals surface area contributed by atoms with Crippen LogP contribution in [0.1, 0.15) is 45.3 Å². The number of rotatable bonds is 5. The van der Waals surface area contributed by atoms with Crippen LogP contribution in [0.15, 0.2) is 12.5 Å². The summed E-state index contributed by atoms with van der Waals surface area (Å²) in [4.78, 5) is 4.07. The maximum atomic E-state index is 9.12. The van der Waals surface area contributed by atoms with Gasteiger partial charge in [-0.2, -0.15) is 0 Å². The van der Waals surface area contributed by atoms with E-state index in [1.54, 1.807) is 6.20 Å². The van der Waals surface area contributed by atoms with Crippen molar-refractivity contribution in [2.75, 3.05) is 0 Å². The van der Waals surface area contributed by atoms with Crippen molar-refractivity contribution in [2.24, 2.45) is 5.92 Å². The van der Waals surface area contributed by atoms with Gasteiger partial charge in [0.05, 0.1) is 24.8 Å². The molecule has 80 valence electrons. The highest BCUT2D eigenvalue weighted by Crippen LogP contribution is 2.25. The molecule has 1 unspecified atom stereocenters. The van der Waals surface area contributed by atoms with Crippen LogP contribution >= 0.6 is 0 Å². The predicted molar refractivity (Wildman–Crippen MR) is 56.9 cm³/mol. The van der Waals surface area contributed by atoms with Crippen LogP contribution in [0.3, 0.4) is 0 Å². The molecule has 0 amide bonds. The number of aromatic nitrogens is 2. The van der Waals surface area contributed by atoms with Crippen LogP contribution < -0.4 is 0 Å². The molecule has 0 saturated carbocycles. The summed E-state index contributed by atoms with van der Waals surface area (Å²) in [5.41, 5.74) is 0.907. The van der Waals surface area contributed by atoms with Gasteiger partial charge in [0.25, 0.3) is 0 Å². The van der Waals surface area contributed by atoms with Crippen LogP contribution in [0.5, 0.6) is 0 Å². The molecular weight excluding hydrogens is 176 g/mol. The molecular formula is C11H20N2O. The number of nitrogens with zero attached hydrogens (tertiary/aromatic N) is 2. The Morgan fingerprint density at radius 2 is 2.07 bits per heavy atom. The molecule has 3 nitrogen and oxygen atoms in total. The van der Waals surface area contributed by atoms with Crippen molar-refractivity contribution in [1.82, 2.24) is 9.55 Å². The zero-order chi connectivity index (χ0) is 10.6. The highest BCUT2D eigenvalue weighted by atomic mass is 16.3. The summed E-state index contributed by atoms with van der Waals surface area (Å²) >= 11 is 0. The summed E-state index contributed by atoms with van der Waals surface area (Å²) in [5, 5.41) is 9.12. The second-order valence-electron chi connectivity index (χ2n) is 3.77. The largest absolute Gasteiger partial charge is 0.390 e. The van der Waals surface area contributed by atoms with Crippen molar-refractivity contribution >= 4 is 0 Å². The average molecular weight is 196 g/mol. The van der Waals surface area contributed by atoms with Crippen molar-refractivity contribution in [3.05, 3.63) is 18.2 Å². The minimum Gasteiger partial charge on any atom is -0.390 e. The molecule has 0 bridgehead atoms. The third-order valence-corrected chi connectivity index (χ3v) is 3.08. The highest BCUT2D eigenvalue weighted by molar-refractivity contribution is 4.98. The summed E-state index contributed by atoms with van der Waals surface area (Å²) in [6, 6.07) is 0.426. The molecule has 3 heteroatoms. The Kier molecular flexibility index (Phi) is 4.14. The quantitative estimate of drug-likeness (QED) is 0.785. The van der Waals surface area contributed by atoms with Crippen LogP contribution in [0.25, 0.3) is 0 Å². The number of hydrogen-bond acceptors (Lipinski definition) is 2. The first kappa shape index (κ1) is 11.2. The lowest BCUT2D eigenvalue weighted by molar-refractivity contribution is 0.253. The summed E-state index contributed by atoms with van der Waals surface area (Å²) in [6.07, 6.45) is 5.88. The van der Waals surface area contributed by atoms with E-state index < -0.39 is 0 Å². The molecule has 0 aliphatic carbocycles. The van der Waals surface area contributed by atoms with E-state index in [4.69, 9.17) is 5.11 Å². The summed E-state index contributed by atoms with van der Waals surface area (Å²) in [5.74, 6) is 0.662. The summed E-state index contributed by atoms with van der Waals surface area (Å²) in [7, 11) is 0. The van der Waals surface area contributed by atoms with Crippen molar-refractivity contribution in [3.63, 3.8) is 0 Å². The number of aliphatic hydroxyl groups is 1. The SMILES string of the molecule is CCC(CC)C(C)n1cncc1CO. The lowest BCUT2D eigenvalue weighted by atomic mass is 9.95. The van der Waals surface area contributed by atoms with E-state index in [9.17, 15) is 0 Å². The van der Waals surface area contributed by atoms with E-state index in [1.807, 2.05) is 6.33 Å². The molecule has 14 heavy (non-hydrogen) atoms. The standard InChI is InChI=1S/C11H20N2O/c1-4-10(5-2)9(3)13-8-12-6-11(13)7-14/h6,8-10,14H,4-5,7H2,1-3H3. The Balaban J connectivity index is 2.81.